The summed E-state index contributed by atoms with van der Waals surface area (Å²) in [4.78, 5) is 13.8. The summed E-state index contributed by atoms with van der Waals surface area (Å²) in [5, 5.41) is 2.92. The van der Waals surface area contributed by atoms with Gasteiger partial charge in [-0.2, -0.15) is 0 Å². The van der Waals surface area contributed by atoms with Crippen LogP contribution in [0, 0.1) is 6.92 Å². The van der Waals surface area contributed by atoms with Gasteiger partial charge >= 0.3 is 0 Å². The molecular weight excluding hydrogens is 309 g/mol. The van der Waals surface area contributed by atoms with Crippen LogP contribution in [0.25, 0.3) is 0 Å². The van der Waals surface area contributed by atoms with Gasteiger partial charge in [0.25, 0.3) is 0 Å². The molecule has 21 heavy (non-hydrogen) atoms. The molecule has 0 saturated carbocycles. The van der Waals surface area contributed by atoms with Crippen molar-refractivity contribution in [3.8, 4) is 0 Å². The molecule has 1 aromatic rings. The zero-order valence-corrected chi connectivity index (χ0v) is 14.0. The van der Waals surface area contributed by atoms with E-state index < -0.39 is 0 Å². The van der Waals surface area contributed by atoms with Gasteiger partial charge in [0.2, 0.25) is 5.91 Å². The fourth-order valence-electron chi connectivity index (χ4n) is 2.58. The van der Waals surface area contributed by atoms with E-state index in [0.717, 1.165) is 13.1 Å². The first-order valence-corrected chi connectivity index (χ1v) is 6.98. The number of likely N-dealkylation sites (tertiary alicyclic amines) is 1. The lowest BCUT2D eigenvalue weighted by atomic mass is 10.0. The van der Waals surface area contributed by atoms with Crippen LogP contribution in [0.3, 0.4) is 0 Å². The highest BCUT2D eigenvalue weighted by Gasteiger charge is 2.23. The lowest BCUT2D eigenvalue weighted by molar-refractivity contribution is -0.119. The smallest absolute Gasteiger partial charge is 0.233 e. The predicted molar refractivity (Wildman–Crippen MR) is 91.3 cm³/mol. The summed E-state index contributed by atoms with van der Waals surface area (Å²) in [6, 6.07) is 8.84. The van der Waals surface area contributed by atoms with Gasteiger partial charge in [-0.1, -0.05) is 29.8 Å². The first-order valence-electron chi connectivity index (χ1n) is 6.98. The zero-order chi connectivity index (χ0) is 13.7. The zero-order valence-electron chi connectivity index (χ0n) is 12.4. The Morgan fingerprint density at radius 3 is 2.33 bits per heavy atom. The fraction of sp³-hybridized carbons (Fsp3) is 0.533. The number of halogens is 2. The Balaban J connectivity index is 0.00000200. The van der Waals surface area contributed by atoms with Crippen LogP contribution in [0.4, 0.5) is 0 Å². The van der Waals surface area contributed by atoms with Crippen LogP contribution < -0.4 is 11.1 Å². The van der Waals surface area contributed by atoms with Crippen LogP contribution >= 0.6 is 24.8 Å². The topological polar surface area (TPSA) is 58.4 Å². The molecule has 1 unspecified atom stereocenters. The number of amides is 1. The van der Waals surface area contributed by atoms with Crippen molar-refractivity contribution in [1.82, 2.24) is 10.2 Å². The second-order valence-electron chi connectivity index (χ2n) is 5.18. The number of rotatable bonds is 5. The van der Waals surface area contributed by atoms with Gasteiger partial charge in [0, 0.05) is 6.54 Å². The third kappa shape index (κ3) is 5.83. The van der Waals surface area contributed by atoms with E-state index in [0.29, 0.717) is 6.54 Å². The SMILES string of the molecule is Cc1ccc(C(CNC(=O)CN)N2CCCC2)cc1.Cl.Cl. The maximum absolute atomic E-state index is 11.4. The van der Waals surface area contributed by atoms with Gasteiger partial charge in [-0.3, -0.25) is 9.69 Å². The van der Waals surface area contributed by atoms with E-state index in [1.807, 2.05) is 0 Å². The van der Waals surface area contributed by atoms with E-state index in [4.69, 9.17) is 5.73 Å². The average molecular weight is 334 g/mol. The number of hydrogen-bond donors (Lipinski definition) is 2. The van der Waals surface area contributed by atoms with E-state index in [1.165, 1.54) is 24.0 Å². The van der Waals surface area contributed by atoms with E-state index in [-0.39, 0.29) is 43.3 Å². The maximum Gasteiger partial charge on any atom is 0.233 e. The van der Waals surface area contributed by atoms with Crippen LogP contribution in [-0.4, -0.2) is 37.0 Å². The van der Waals surface area contributed by atoms with Crippen molar-refractivity contribution in [2.45, 2.75) is 25.8 Å². The highest BCUT2D eigenvalue weighted by Crippen LogP contribution is 2.24. The van der Waals surface area contributed by atoms with E-state index >= 15 is 0 Å². The summed E-state index contributed by atoms with van der Waals surface area (Å²) >= 11 is 0. The molecule has 1 aliphatic heterocycles. The molecule has 0 aliphatic carbocycles. The lowest BCUT2D eigenvalue weighted by Crippen LogP contribution is -2.39. The summed E-state index contributed by atoms with van der Waals surface area (Å²) in [5.74, 6) is -0.0868. The van der Waals surface area contributed by atoms with Crippen molar-refractivity contribution >= 4 is 30.7 Å². The summed E-state index contributed by atoms with van der Waals surface area (Å²) in [7, 11) is 0. The number of hydrogen-bond acceptors (Lipinski definition) is 3. The molecule has 0 radical (unpaired) electrons. The Labute approximate surface area is 139 Å². The van der Waals surface area contributed by atoms with Crippen molar-refractivity contribution in [3.05, 3.63) is 35.4 Å². The van der Waals surface area contributed by atoms with Gasteiger partial charge in [-0.05, 0) is 38.4 Å². The average Bonchev–Trinajstić information content (AvgIpc) is 2.94. The van der Waals surface area contributed by atoms with E-state index in [9.17, 15) is 4.79 Å². The Kier molecular flexibility index (Phi) is 9.62. The molecule has 1 heterocycles. The summed E-state index contributed by atoms with van der Waals surface area (Å²) < 4.78 is 0. The number of carbonyl (C=O) groups excluding carboxylic acids is 1. The molecule has 1 aliphatic rings. The van der Waals surface area contributed by atoms with Crippen LogP contribution in [0.5, 0.6) is 0 Å². The van der Waals surface area contributed by atoms with Gasteiger partial charge in [0.05, 0.1) is 12.6 Å². The largest absolute Gasteiger partial charge is 0.353 e. The molecule has 0 aromatic heterocycles. The number of nitrogens with zero attached hydrogens (tertiary/aromatic N) is 1. The van der Waals surface area contributed by atoms with Crippen molar-refractivity contribution in [1.29, 1.82) is 0 Å². The fourth-order valence-corrected chi connectivity index (χ4v) is 2.58. The van der Waals surface area contributed by atoms with E-state index in [1.54, 1.807) is 0 Å². The van der Waals surface area contributed by atoms with Crippen molar-refractivity contribution in [3.63, 3.8) is 0 Å². The number of benzene rings is 1. The molecule has 0 spiro atoms. The number of nitrogens with one attached hydrogen (secondary N) is 1. The third-order valence-corrected chi connectivity index (χ3v) is 3.72. The summed E-state index contributed by atoms with van der Waals surface area (Å²) in [6.45, 7) is 5.00. The quantitative estimate of drug-likeness (QED) is 0.866. The minimum absolute atomic E-state index is 0. The molecule has 2 rings (SSSR count). The molecule has 1 aromatic carbocycles. The highest BCUT2D eigenvalue weighted by molar-refractivity contribution is 5.85. The van der Waals surface area contributed by atoms with Crippen LogP contribution in [0.1, 0.15) is 30.0 Å². The molecule has 1 fully saturated rings. The Bertz CT molecular complexity index is 419. The van der Waals surface area contributed by atoms with Gasteiger partial charge in [0.15, 0.2) is 0 Å². The first kappa shape index (κ1) is 20.2. The normalized spacial score (nSPS) is 15.7. The molecule has 1 atom stereocenters. The van der Waals surface area contributed by atoms with Crippen molar-refractivity contribution in [2.24, 2.45) is 5.73 Å². The minimum Gasteiger partial charge on any atom is -0.353 e. The van der Waals surface area contributed by atoms with Crippen LogP contribution in [-0.2, 0) is 4.79 Å². The Hall–Kier alpha value is -0.810. The van der Waals surface area contributed by atoms with Gasteiger partial charge in [-0.25, -0.2) is 0 Å². The number of aryl methyl sites for hydroxylation is 1. The Morgan fingerprint density at radius 1 is 1.24 bits per heavy atom. The van der Waals surface area contributed by atoms with E-state index in [2.05, 4.69) is 41.4 Å². The molecule has 0 bridgehead atoms. The second kappa shape index (κ2) is 10.0. The van der Waals surface area contributed by atoms with Gasteiger partial charge in [-0.15, -0.1) is 24.8 Å². The maximum atomic E-state index is 11.4. The summed E-state index contributed by atoms with van der Waals surface area (Å²) in [6.07, 6.45) is 2.49. The predicted octanol–water partition coefficient (Wildman–Crippen LogP) is 2.05. The molecule has 4 nitrogen and oxygen atoms in total. The molecule has 120 valence electrons. The molecule has 3 N–H and O–H groups in total. The lowest BCUT2D eigenvalue weighted by Gasteiger charge is -2.28. The highest BCUT2D eigenvalue weighted by atomic mass is 35.5. The summed E-state index contributed by atoms with van der Waals surface area (Å²) in [5.41, 5.74) is 7.87. The minimum atomic E-state index is -0.0868. The van der Waals surface area contributed by atoms with Gasteiger partial charge in [0.1, 0.15) is 0 Å². The van der Waals surface area contributed by atoms with Gasteiger partial charge < -0.3 is 11.1 Å². The molecular formula is C15H25Cl2N3O. The van der Waals surface area contributed by atoms with Crippen molar-refractivity contribution in [2.75, 3.05) is 26.2 Å². The molecule has 6 heteroatoms. The van der Waals surface area contributed by atoms with Crippen molar-refractivity contribution < 1.29 is 4.79 Å². The first-order chi connectivity index (χ1) is 9.20. The standard InChI is InChI=1S/C15H23N3O.2ClH/c1-12-4-6-13(7-5-12)14(11-17-15(19)10-16)18-8-2-3-9-18;;/h4-7,14H,2-3,8-11,16H2,1H3,(H,17,19);2*1H. The second-order valence-corrected chi connectivity index (χ2v) is 5.18. The number of carbonyl (C=O) groups is 1. The number of nitrogens with two attached hydrogens (primary N) is 1. The van der Waals surface area contributed by atoms with Crippen LogP contribution in [0.15, 0.2) is 24.3 Å². The monoisotopic (exact) mass is 333 g/mol. The third-order valence-electron chi connectivity index (χ3n) is 3.72. The molecule has 1 saturated heterocycles. The Morgan fingerprint density at radius 2 is 1.81 bits per heavy atom. The molecule has 1 amide bonds. The van der Waals surface area contributed by atoms with Crippen LogP contribution in [0.2, 0.25) is 0 Å².